The van der Waals surface area contributed by atoms with Gasteiger partial charge in [-0.1, -0.05) is 18.2 Å². The van der Waals surface area contributed by atoms with Gasteiger partial charge < -0.3 is 9.47 Å². The second-order valence-electron chi connectivity index (χ2n) is 5.22. The lowest BCUT2D eigenvalue weighted by Gasteiger charge is -2.12. The van der Waals surface area contributed by atoms with Gasteiger partial charge in [0.25, 0.3) is 0 Å². The average Bonchev–Trinajstić information content (AvgIpc) is 3.14. The minimum Gasteiger partial charge on any atom is -0.350 e. The van der Waals surface area contributed by atoms with Crippen LogP contribution in [0.2, 0.25) is 0 Å². The van der Waals surface area contributed by atoms with E-state index >= 15 is 0 Å². The summed E-state index contributed by atoms with van der Waals surface area (Å²) in [6.45, 7) is 0.530. The molecule has 1 aromatic carbocycles. The van der Waals surface area contributed by atoms with E-state index in [4.69, 9.17) is 0 Å². The number of hydrogen-bond donors (Lipinski definition) is 0. The van der Waals surface area contributed by atoms with Gasteiger partial charge in [0.05, 0.1) is 17.7 Å². The average molecular weight is 311 g/mol. The van der Waals surface area contributed by atoms with E-state index in [0.29, 0.717) is 6.54 Å². The minimum atomic E-state index is -0.0269. The second-order valence-corrected chi connectivity index (χ2v) is 5.94. The van der Waals surface area contributed by atoms with Crippen LogP contribution in [0.25, 0.3) is 17.0 Å². The van der Waals surface area contributed by atoms with E-state index < -0.39 is 0 Å². The molecule has 3 aromatic rings. The van der Waals surface area contributed by atoms with Gasteiger partial charge in [0, 0.05) is 48.2 Å². The minimum absolute atomic E-state index is 0.0269. The number of benzene rings is 1. The van der Waals surface area contributed by atoms with Crippen LogP contribution in [0.4, 0.5) is 0 Å². The van der Waals surface area contributed by atoms with E-state index in [1.165, 1.54) is 11.3 Å². The highest BCUT2D eigenvalue weighted by atomic mass is 32.1. The fourth-order valence-corrected chi connectivity index (χ4v) is 2.98. The number of para-hydroxylation sites is 1. The summed E-state index contributed by atoms with van der Waals surface area (Å²) in [5, 5.41) is 3.11. The van der Waals surface area contributed by atoms with Crippen LogP contribution >= 0.6 is 11.3 Å². The molecule has 0 fully saturated rings. The van der Waals surface area contributed by atoms with Crippen molar-refractivity contribution in [2.24, 2.45) is 7.05 Å². The van der Waals surface area contributed by atoms with E-state index in [0.717, 1.165) is 22.2 Å². The van der Waals surface area contributed by atoms with Gasteiger partial charge >= 0.3 is 0 Å². The van der Waals surface area contributed by atoms with Crippen LogP contribution in [-0.2, 0) is 18.4 Å². The van der Waals surface area contributed by atoms with Gasteiger partial charge in [0.1, 0.15) is 0 Å². The molecule has 4 nitrogen and oxygen atoms in total. The number of thiazole rings is 1. The lowest BCUT2D eigenvalue weighted by molar-refractivity contribution is -0.125. The summed E-state index contributed by atoms with van der Waals surface area (Å²) in [5.74, 6) is -0.0269. The third-order valence-corrected chi connectivity index (χ3v) is 4.23. The first kappa shape index (κ1) is 14.5. The van der Waals surface area contributed by atoms with Crippen LogP contribution in [0, 0.1) is 0 Å². The van der Waals surface area contributed by atoms with Crippen molar-refractivity contribution in [3.05, 3.63) is 58.7 Å². The number of aromatic nitrogens is 2. The second kappa shape index (κ2) is 6.15. The van der Waals surface area contributed by atoms with Crippen molar-refractivity contribution < 1.29 is 4.79 Å². The van der Waals surface area contributed by atoms with Gasteiger partial charge in [-0.25, -0.2) is 4.98 Å². The molecule has 3 rings (SSSR count). The maximum atomic E-state index is 12.2. The van der Waals surface area contributed by atoms with Gasteiger partial charge in [-0.3, -0.25) is 4.79 Å². The van der Waals surface area contributed by atoms with Gasteiger partial charge in [-0.15, -0.1) is 11.3 Å². The van der Waals surface area contributed by atoms with Crippen LogP contribution in [0.5, 0.6) is 0 Å². The number of likely N-dealkylation sites (N-methyl/N-ethyl adjacent to an activating group) is 1. The van der Waals surface area contributed by atoms with E-state index in [2.05, 4.69) is 21.7 Å². The summed E-state index contributed by atoms with van der Waals surface area (Å²) in [6.07, 6.45) is 5.53. The number of carbonyl (C=O) groups excluding carboxylic acids is 1. The number of fused-ring (bicyclic) bond motifs is 1. The molecule has 0 aliphatic heterocycles. The Morgan fingerprint density at radius 3 is 3.00 bits per heavy atom. The third-order valence-electron chi connectivity index (χ3n) is 3.59. The van der Waals surface area contributed by atoms with E-state index in [9.17, 15) is 4.79 Å². The van der Waals surface area contributed by atoms with Crippen molar-refractivity contribution >= 4 is 34.2 Å². The molecule has 0 spiro atoms. The molecule has 1 amide bonds. The fraction of sp³-hybridized carbons (Fsp3) is 0.176. The smallest absolute Gasteiger partial charge is 0.246 e. The Morgan fingerprint density at radius 1 is 1.41 bits per heavy atom. The first-order valence-corrected chi connectivity index (χ1v) is 7.94. The van der Waals surface area contributed by atoms with Crippen molar-refractivity contribution in [2.75, 3.05) is 7.05 Å². The Balaban J connectivity index is 1.76. The highest BCUT2D eigenvalue weighted by molar-refractivity contribution is 7.07. The molecular weight excluding hydrogens is 294 g/mol. The number of nitrogens with zero attached hydrogens (tertiary/aromatic N) is 3. The normalized spacial score (nSPS) is 11.4. The quantitative estimate of drug-likeness (QED) is 0.693. The molecule has 0 radical (unpaired) electrons. The van der Waals surface area contributed by atoms with E-state index in [-0.39, 0.29) is 5.91 Å². The Labute approximate surface area is 133 Å². The standard InChI is InChI=1S/C17H17N3OS/c1-19-9-13(15-5-3-4-6-16(15)19)7-8-17(21)20(2)10-14-11-22-12-18-14/h3-9,11-12H,10H2,1-2H3/b8-7+. The molecule has 5 heteroatoms. The predicted octanol–water partition coefficient (Wildman–Crippen LogP) is 3.31. The summed E-state index contributed by atoms with van der Waals surface area (Å²) < 4.78 is 2.07. The monoisotopic (exact) mass is 311 g/mol. The van der Waals surface area contributed by atoms with Crippen LogP contribution in [0.1, 0.15) is 11.3 Å². The summed E-state index contributed by atoms with van der Waals surface area (Å²) in [6, 6.07) is 8.17. The SMILES string of the molecule is CN(Cc1cscn1)C(=O)/C=C/c1cn(C)c2ccccc12. The predicted molar refractivity (Wildman–Crippen MR) is 90.5 cm³/mol. The van der Waals surface area contributed by atoms with Gasteiger partial charge in [0.15, 0.2) is 0 Å². The highest BCUT2D eigenvalue weighted by Gasteiger charge is 2.08. The zero-order valence-electron chi connectivity index (χ0n) is 12.6. The topological polar surface area (TPSA) is 38.1 Å². The van der Waals surface area contributed by atoms with Crippen molar-refractivity contribution in [3.63, 3.8) is 0 Å². The third kappa shape index (κ3) is 2.94. The number of rotatable bonds is 4. The zero-order chi connectivity index (χ0) is 15.5. The molecule has 0 aliphatic carbocycles. The summed E-state index contributed by atoms with van der Waals surface area (Å²) in [5.41, 5.74) is 4.90. The molecule has 0 saturated carbocycles. The molecule has 2 aromatic heterocycles. The summed E-state index contributed by atoms with van der Waals surface area (Å²) in [4.78, 5) is 18.1. The lowest BCUT2D eigenvalue weighted by atomic mass is 10.1. The van der Waals surface area contributed by atoms with Crippen molar-refractivity contribution in [1.29, 1.82) is 0 Å². The maximum absolute atomic E-state index is 12.2. The van der Waals surface area contributed by atoms with Crippen molar-refractivity contribution in [3.8, 4) is 0 Å². The highest BCUT2D eigenvalue weighted by Crippen LogP contribution is 2.21. The molecule has 22 heavy (non-hydrogen) atoms. The van der Waals surface area contributed by atoms with Gasteiger partial charge in [-0.2, -0.15) is 0 Å². The maximum Gasteiger partial charge on any atom is 0.246 e. The summed E-state index contributed by atoms with van der Waals surface area (Å²) >= 11 is 1.54. The van der Waals surface area contributed by atoms with Crippen LogP contribution in [0.15, 0.2) is 47.4 Å². The Morgan fingerprint density at radius 2 is 2.23 bits per heavy atom. The Hall–Kier alpha value is -2.40. The number of aryl methyl sites for hydroxylation is 1. The fourth-order valence-electron chi connectivity index (χ4n) is 2.43. The molecule has 0 saturated heterocycles. The largest absolute Gasteiger partial charge is 0.350 e. The molecular formula is C17H17N3OS. The van der Waals surface area contributed by atoms with Crippen molar-refractivity contribution in [1.82, 2.24) is 14.5 Å². The first-order chi connectivity index (χ1) is 10.6. The molecule has 0 N–H and O–H groups in total. The van der Waals surface area contributed by atoms with Crippen LogP contribution < -0.4 is 0 Å². The molecule has 0 bridgehead atoms. The molecule has 0 aliphatic rings. The van der Waals surface area contributed by atoms with Crippen LogP contribution in [0.3, 0.4) is 0 Å². The van der Waals surface area contributed by atoms with Crippen molar-refractivity contribution in [2.45, 2.75) is 6.54 Å². The molecule has 2 heterocycles. The van der Waals surface area contributed by atoms with Crippen LogP contribution in [-0.4, -0.2) is 27.4 Å². The number of hydrogen-bond acceptors (Lipinski definition) is 3. The lowest BCUT2D eigenvalue weighted by Crippen LogP contribution is -2.24. The van der Waals surface area contributed by atoms with E-state index in [1.54, 1.807) is 23.5 Å². The zero-order valence-corrected chi connectivity index (χ0v) is 13.4. The molecule has 0 unspecified atom stereocenters. The first-order valence-electron chi connectivity index (χ1n) is 6.99. The summed E-state index contributed by atoms with van der Waals surface area (Å²) in [7, 11) is 3.80. The number of carbonyl (C=O) groups is 1. The molecule has 112 valence electrons. The van der Waals surface area contributed by atoms with E-state index in [1.807, 2.05) is 36.8 Å². The molecule has 0 atom stereocenters. The Bertz CT molecular complexity index is 818. The Kier molecular flexibility index (Phi) is 4.06. The number of amides is 1. The van der Waals surface area contributed by atoms with Gasteiger partial charge in [-0.05, 0) is 12.1 Å². The van der Waals surface area contributed by atoms with Gasteiger partial charge in [0.2, 0.25) is 5.91 Å².